The summed E-state index contributed by atoms with van der Waals surface area (Å²) in [4.78, 5) is 0. The molecule has 0 N–H and O–H groups in total. The van der Waals surface area contributed by atoms with Crippen molar-refractivity contribution in [2.24, 2.45) is 0 Å². The van der Waals surface area contributed by atoms with E-state index in [1.165, 1.54) is 0 Å². The van der Waals surface area contributed by atoms with E-state index >= 15 is 0 Å². The molecule has 0 fully saturated rings. The van der Waals surface area contributed by atoms with Crippen LogP contribution in [0.2, 0.25) is 5.02 Å². The van der Waals surface area contributed by atoms with Crippen LogP contribution in [0.15, 0.2) is 18.2 Å². The van der Waals surface area contributed by atoms with Gasteiger partial charge in [0.15, 0.2) is 0 Å². The second-order valence-electron chi connectivity index (χ2n) is 3.04. The predicted molar refractivity (Wildman–Crippen MR) is 52.1 cm³/mol. The van der Waals surface area contributed by atoms with Crippen LogP contribution >= 0.6 is 11.6 Å². The Kier molecular flexibility index (Phi) is 2.99. The van der Waals surface area contributed by atoms with Crippen LogP contribution in [0.3, 0.4) is 0 Å². The smallest absolute Gasteiger partial charge is 0.119 e. The molecular formula is C10H13ClO. The van der Waals surface area contributed by atoms with Crippen LogP contribution in [-0.2, 0) is 0 Å². The number of halogens is 1. The standard InChI is InChI=1S/C10H13ClO/c1-7(2)9-6-8(12-3)4-5-10(9)11/h4-7H,1-3H3. The van der Waals surface area contributed by atoms with Gasteiger partial charge in [0.25, 0.3) is 0 Å². The summed E-state index contributed by atoms with van der Waals surface area (Å²) < 4.78 is 5.10. The van der Waals surface area contributed by atoms with E-state index < -0.39 is 0 Å². The van der Waals surface area contributed by atoms with Gasteiger partial charge in [0.05, 0.1) is 7.11 Å². The first kappa shape index (κ1) is 9.40. The highest BCUT2D eigenvalue weighted by molar-refractivity contribution is 6.31. The first-order valence-corrected chi connectivity index (χ1v) is 4.36. The van der Waals surface area contributed by atoms with Gasteiger partial charge in [0.2, 0.25) is 0 Å². The molecule has 0 saturated heterocycles. The monoisotopic (exact) mass is 184 g/mol. The molecule has 66 valence electrons. The average molecular weight is 185 g/mol. The first-order valence-electron chi connectivity index (χ1n) is 3.98. The lowest BCUT2D eigenvalue weighted by Gasteiger charge is -2.09. The van der Waals surface area contributed by atoms with Crippen molar-refractivity contribution in [1.29, 1.82) is 0 Å². The number of ether oxygens (including phenoxy) is 1. The molecule has 0 spiro atoms. The average Bonchev–Trinajstić information content (AvgIpc) is 2.05. The molecule has 1 rings (SSSR count). The van der Waals surface area contributed by atoms with E-state index in [2.05, 4.69) is 13.8 Å². The Bertz CT molecular complexity index is 269. The van der Waals surface area contributed by atoms with Gasteiger partial charge in [-0.05, 0) is 29.7 Å². The van der Waals surface area contributed by atoms with E-state index in [1.54, 1.807) is 7.11 Å². The second kappa shape index (κ2) is 3.81. The zero-order valence-corrected chi connectivity index (χ0v) is 8.35. The van der Waals surface area contributed by atoms with Crippen molar-refractivity contribution in [1.82, 2.24) is 0 Å². The SMILES string of the molecule is COc1ccc(Cl)c(C(C)C)c1. The molecule has 0 aliphatic heterocycles. The zero-order valence-electron chi connectivity index (χ0n) is 7.60. The predicted octanol–water partition coefficient (Wildman–Crippen LogP) is 3.47. The minimum atomic E-state index is 0.438. The van der Waals surface area contributed by atoms with Gasteiger partial charge in [0.1, 0.15) is 5.75 Å². The number of hydrogen-bond donors (Lipinski definition) is 0. The summed E-state index contributed by atoms with van der Waals surface area (Å²) in [6.45, 7) is 4.22. The maximum Gasteiger partial charge on any atom is 0.119 e. The molecule has 0 bridgehead atoms. The minimum Gasteiger partial charge on any atom is -0.497 e. The molecule has 0 aromatic heterocycles. The Morgan fingerprint density at radius 2 is 2.00 bits per heavy atom. The summed E-state index contributed by atoms with van der Waals surface area (Å²) >= 11 is 5.99. The Morgan fingerprint density at radius 3 is 2.50 bits per heavy atom. The summed E-state index contributed by atoms with van der Waals surface area (Å²) in [6, 6.07) is 5.72. The summed E-state index contributed by atoms with van der Waals surface area (Å²) in [5, 5.41) is 0.811. The lowest BCUT2D eigenvalue weighted by atomic mass is 10.0. The second-order valence-corrected chi connectivity index (χ2v) is 3.45. The van der Waals surface area contributed by atoms with Crippen molar-refractivity contribution in [2.45, 2.75) is 19.8 Å². The van der Waals surface area contributed by atoms with Crippen molar-refractivity contribution in [3.05, 3.63) is 28.8 Å². The van der Waals surface area contributed by atoms with Gasteiger partial charge in [-0.3, -0.25) is 0 Å². The Balaban J connectivity index is 3.08. The molecule has 0 radical (unpaired) electrons. The van der Waals surface area contributed by atoms with Gasteiger partial charge >= 0.3 is 0 Å². The molecule has 0 atom stereocenters. The van der Waals surface area contributed by atoms with Gasteiger partial charge in [-0.2, -0.15) is 0 Å². The minimum absolute atomic E-state index is 0.438. The van der Waals surface area contributed by atoms with Crippen molar-refractivity contribution in [3.63, 3.8) is 0 Å². The fourth-order valence-corrected chi connectivity index (χ4v) is 1.43. The maximum atomic E-state index is 5.99. The van der Waals surface area contributed by atoms with Crippen LogP contribution in [0.5, 0.6) is 5.75 Å². The summed E-state index contributed by atoms with van der Waals surface area (Å²) in [7, 11) is 1.66. The molecular weight excluding hydrogens is 172 g/mol. The molecule has 0 heterocycles. The maximum absolute atomic E-state index is 5.99. The van der Waals surface area contributed by atoms with E-state index in [0.717, 1.165) is 16.3 Å². The van der Waals surface area contributed by atoms with Gasteiger partial charge < -0.3 is 4.74 Å². The van der Waals surface area contributed by atoms with Crippen LogP contribution in [0.25, 0.3) is 0 Å². The van der Waals surface area contributed by atoms with E-state index in [4.69, 9.17) is 16.3 Å². The molecule has 0 amide bonds. The molecule has 1 aromatic carbocycles. The van der Waals surface area contributed by atoms with E-state index in [0.29, 0.717) is 5.92 Å². The molecule has 12 heavy (non-hydrogen) atoms. The molecule has 1 aromatic rings. The number of hydrogen-bond acceptors (Lipinski definition) is 1. The largest absolute Gasteiger partial charge is 0.497 e. The fourth-order valence-electron chi connectivity index (χ4n) is 1.09. The van der Waals surface area contributed by atoms with Gasteiger partial charge in [0, 0.05) is 5.02 Å². The van der Waals surface area contributed by atoms with Gasteiger partial charge in [-0.1, -0.05) is 25.4 Å². The zero-order chi connectivity index (χ0) is 9.14. The fraction of sp³-hybridized carbons (Fsp3) is 0.400. The molecule has 0 aliphatic rings. The van der Waals surface area contributed by atoms with Crippen LogP contribution in [-0.4, -0.2) is 7.11 Å². The third-order valence-corrected chi connectivity index (χ3v) is 2.17. The molecule has 0 saturated carbocycles. The molecule has 1 nitrogen and oxygen atoms in total. The summed E-state index contributed by atoms with van der Waals surface area (Å²) in [6.07, 6.45) is 0. The van der Waals surface area contributed by atoms with Crippen LogP contribution in [0.1, 0.15) is 25.3 Å². The highest BCUT2D eigenvalue weighted by Gasteiger charge is 2.05. The number of methoxy groups -OCH3 is 1. The third kappa shape index (κ3) is 1.92. The molecule has 0 unspecified atom stereocenters. The highest BCUT2D eigenvalue weighted by Crippen LogP contribution is 2.27. The van der Waals surface area contributed by atoms with Crippen LogP contribution < -0.4 is 4.74 Å². The van der Waals surface area contributed by atoms with Crippen molar-refractivity contribution >= 4 is 11.6 Å². The lowest BCUT2D eigenvalue weighted by molar-refractivity contribution is 0.414. The van der Waals surface area contributed by atoms with Crippen LogP contribution in [0.4, 0.5) is 0 Å². The summed E-state index contributed by atoms with van der Waals surface area (Å²) in [5.74, 6) is 1.30. The van der Waals surface area contributed by atoms with Crippen molar-refractivity contribution in [3.8, 4) is 5.75 Å². The van der Waals surface area contributed by atoms with E-state index in [1.807, 2.05) is 18.2 Å². The Morgan fingerprint density at radius 1 is 1.33 bits per heavy atom. The first-order chi connectivity index (χ1) is 5.65. The number of benzene rings is 1. The Labute approximate surface area is 78.3 Å². The Hall–Kier alpha value is -0.690. The number of rotatable bonds is 2. The van der Waals surface area contributed by atoms with Gasteiger partial charge in [-0.25, -0.2) is 0 Å². The molecule has 2 heteroatoms. The van der Waals surface area contributed by atoms with E-state index in [-0.39, 0.29) is 0 Å². The third-order valence-electron chi connectivity index (χ3n) is 1.83. The van der Waals surface area contributed by atoms with Gasteiger partial charge in [-0.15, -0.1) is 0 Å². The summed E-state index contributed by atoms with van der Waals surface area (Å²) in [5.41, 5.74) is 1.14. The highest BCUT2D eigenvalue weighted by atomic mass is 35.5. The topological polar surface area (TPSA) is 9.23 Å². The normalized spacial score (nSPS) is 10.4. The van der Waals surface area contributed by atoms with Crippen molar-refractivity contribution < 1.29 is 4.74 Å². The van der Waals surface area contributed by atoms with E-state index in [9.17, 15) is 0 Å². The lowest BCUT2D eigenvalue weighted by Crippen LogP contribution is -1.90. The van der Waals surface area contributed by atoms with Crippen molar-refractivity contribution in [2.75, 3.05) is 7.11 Å². The quantitative estimate of drug-likeness (QED) is 0.684. The van der Waals surface area contributed by atoms with Crippen LogP contribution in [0, 0.1) is 0 Å². The molecule has 0 aliphatic carbocycles.